The maximum absolute atomic E-state index is 11.9. The Morgan fingerprint density at radius 2 is 2.27 bits per heavy atom. The monoisotopic (exact) mass is 223 g/mol. The summed E-state index contributed by atoms with van der Waals surface area (Å²) >= 11 is 0. The molecule has 0 aliphatic rings. The Bertz CT molecular complexity index is 372. The van der Waals surface area contributed by atoms with Crippen molar-refractivity contribution in [2.75, 3.05) is 12.8 Å². The summed E-state index contributed by atoms with van der Waals surface area (Å²) < 4.78 is 40.7. The zero-order chi connectivity index (χ0) is 11.6. The van der Waals surface area contributed by atoms with Gasteiger partial charge in [0.25, 0.3) is 0 Å². The molecule has 0 fully saturated rings. The lowest BCUT2D eigenvalue weighted by Crippen LogP contribution is -2.18. The van der Waals surface area contributed by atoms with Gasteiger partial charge >= 0.3 is 12.1 Å². The second kappa shape index (κ2) is 3.79. The molecule has 1 aromatic rings. The highest BCUT2D eigenvalue weighted by atomic mass is 19.4. The largest absolute Gasteiger partial charge is 0.465 e. The maximum atomic E-state index is 11.9. The third-order valence-electron chi connectivity index (χ3n) is 1.54. The molecule has 0 spiro atoms. The van der Waals surface area contributed by atoms with E-state index in [-0.39, 0.29) is 11.4 Å². The highest BCUT2D eigenvalue weighted by Crippen LogP contribution is 2.19. The summed E-state index contributed by atoms with van der Waals surface area (Å²) in [5, 5.41) is 3.34. The summed E-state index contributed by atoms with van der Waals surface area (Å²) in [5.41, 5.74) is 5.06. The van der Waals surface area contributed by atoms with E-state index in [0.29, 0.717) is 4.68 Å². The van der Waals surface area contributed by atoms with Crippen LogP contribution in [0.5, 0.6) is 0 Å². The first-order valence-corrected chi connectivity index (χ1v) is 3.81. The van der Waals surface area contributed by atoms with Crippen molar-refractivity contribution < 1.29 is 22.7 Å². The number of carbonyl (C=O) groups is 1. The molecule has 0 saturated carbocycles. The minimum atomic E-state index is -4.41. The molecule has 5 nitrogen and oxygen atoms in total. The molecule has 0 atom stereocenters. The van der Waals surface area contributed by atoms with Gasteiger partial charge < -0.3 is 10.5 Å². The minimum absolute atomic E-state index is 0.179. The van der Waals surface area contributed by atoms with E-state index in [1.165, 1.54) is 0 Å². The van der Waals surface area contributed by atoms with Crippen LogP contribution in [-0.2, 0) is 11.3 Å². The molecule has 0 amide bonds. The van der Waals surface area contributed by atoms with Crippen LogP contribution in [0.25, 0.3) is 0 Å². The summed E-state index contributed by atoms with van der Waals surface area (Å²) in [4.78, 5) is 11.0. The molecule has 0 saturated heterocycles. The van der Waals surface area contributed by atoms with E-state index in [1.54, 1.807) is 0 Å². The number of ether oxygens (including phenoxy) is 1. The van der Waals surface area contributed by atoms with Gasteiger partial charge in [-0.1, -0.05) is 0 Å². The first-order valence-electron chi connectivity index (χ1n) is 3.81. The number of carbonyl (C=O) groups excluding carboxylic acids is 1. The van der Waals surface area contributed by atoms with Crippen molar-refractivity contribution in [2.45, 2.75) is 12.7 Å². The predicted octanol–water partition coefficient (Wildman–Crippen LogP) is 0.814. The number of methoxy groups -OCH3 is 1. The van der Waals surface area contributed by atoms with Gasteiger partial charge in [0.1, 0.15) is 12.1 Å². The van der Waals surface area contributed by atoms with E-state index in [2.05, 4.69) is 9.84 Å². The lowest BCUT2D eigenvalue weighted by atomic mass is 10.3. The van der Waals surface area contributed by atoms with E-state index < -0.39 is 18.7 Å². The van der Waals surface area contributed by atoms with Crippen LogP contribution in [0.1, 0.15) is 10.4 Å². The molecule has 0 unspecified atom stereocenters. The molecule has 0 aromatic carbocycles. The molecule has 1 rings (SSSR count). The fourth-order valence-corrected chi connectivity index (χ4v) is 0.968. The molecule has 2 N–H and O–H groups in total. The molecule has 15 heavy (non-hydrogen) atoms. The minimum Gasteiger partial charge on any atom is -0.465 e. The second-order valence-corrected chi connectivity index (χ2v) is 2.73. The Kier molecular flexibility index (Phi) is 2.87. The number of hydrogen-bond donors (Lipinski definition) is 1. The predicted molar refractivity (Wildman–Crippen MR) is 44.0 cm³/mol. The van der Waals surface area contributed by atoms with Crippen LogP contribution < -0.4 is 5.73 Å². The quantitative estimate of drug-likeness (QED) is 0.753. The number of hydrogen-bond acceptors (Lipinski definition) is 4. The lowest BCUT2D eigenvalue weighted by molar-refractivity contribution is -0.142. The molecular formula is C7H8F3N3O2. The van der Waals surface area contributed by atoms with E-state index in [4.69, 9.17) is 5.73 Å². The van der Waals surface area contributed by atoms with Gasteiger partial charge in [0.05, 0.1) is 7.11 Å². The Balaban J connectivity index is 2.91. The van der Waals surface area contributed by atoms with Gasteiger partial charge in [0.2, 0.25) is 0 Å². The first kappa shape index (κ1) is 11.3. The van der Waals surface area contributed by atoms with Crippen molar-refractivity contribution in [3.05, 3.63) is 11.8 Å². The van der Waals surface area contributed by atoms with Gasteiger partial charge in [-0.15, -0.1) is 0 Å². The Hall–Kier alpha value is -1.73. The van der Waals surface area contributed by atoms with Crippen molar-refractivity contribution in [2.24, 2.45) is 0 Å². The summed E-state index contributed by atoms with van der Waals surface area (Å²) in [5.74, 6) is -1.10. The zero-order valence-electron chi connectivity index (χ0n) is 7.71. The van der Waals surface area contributed by atoms with Crippen LogP contribution in [-0.4, -0.2) is 29.0 Å². The average Bonchev–Trinajstić information content (AvgIpc) is 2.42. The highest BCUT2D eigenvalue weighted by molar-refractivity contribution is 5.93. The van der Waals surface area contributed by atoms with Crippen LogP contribution in [0, 0.1) is 0 Å². The summed E-state index contributed by atoms with van der Waals surface area (Å²) in [7, 11) is 1.10. The number of aromatic nitrogens is 2. The topological polar surface area (TPSA) is 70.1 Å². The number of nitrogen functional groups attached to an aromatic ring is 1. The smallest absolute Gasteiger partial charge is 0.408 e. The molecule has 1 aromatic heterocycles. The summed E-state index contributed by atoms with van der Waals surface area (Å²) in [6.45, 7) is -1.30. The molecule has 0 aliphatic carbocycles. The normalized spacial score (nSPS) is 11.5. The van der Waals surface area contributed by atoms with Crippen LogP contribution in [0.4, 0.5) is 19.0 Å². The van der Waals surface area contributed by atoms with Gasteiger partial charge in [-0.3, -0.25) is 4.68 Å². The van der Waals surface area contributed by atoms with Crippen LogP contribution in [0.15, 0.2) is 6.20 Å². The van der Waals surface area contributed by atoms with Crippen molar-refractivity contribution >= 4 is 11.8 Å². The average molecular weight is 223 g/mol. The molecule has 0 bridgehead atoms. The molecule has 0 aliphatic heterocycles. The maximum Gasteiger partial charge on any atom is 0.408 e. The van der Waals surface area contributed by atoms with Gasteiger partial charge in [0, 0.05) is 6.20 Å². The van der Waals surface area contributed by atoms with Crippen molar-refractivity contribution in [1.82, 2.24) is 9.78 Å². The number of nitrogens with zero attached hydrogens (tertiary/aromatic N) is 2. The highest BCUT2D eigenvalue weighted by Gasteiger charge is 2.29. The molecule has 8 heteroatoms. The SMILES string of the molecule is COC(=O)c1cn(CC(F)(F)F)nc1N. The van der Waals surface area contributed by atoms with Crippen LogP contribution in [0.3, 0.4) is 0 Å². The summed E-state index contributed by atoms with van der Waals surface area (Å²) in [6.07, 6.45) is -3.51. The number of nitrogens with two attached hydrogens (primary N) is 1. The van der Waals surface area contributed by atoms with Crippen molar-refractivity contribution in [1.29, 1.82) is 0 Å². The van der Waals surface area contributed by atoms with Crippen molar-refractivity contribution in [3.8, 4) is 0 Å². The van der Waals surface area contributed by atoms with E-state index >= 15 is 0 Å². The number of alkyl halides is 3. The van der Waals surface area contributed by atoms with E-state index in [1.807, 2.05) is 0 Å². The lowest BCUT2D eigenvalue weighted by Gasteiger charge is -2.04. The van der Waals surface area contributed by atoms with Gasteiger partial charge in [-0.25, -0.2) is 4.79 Å². The van der Waals surface area contributed by atoms with Crippen molar-refractivity contribution in [3.63, 3.8) is 0 Å². The number of rotatable bonds is 2. The molecule has 84 valence electrons. The third kappa shape index (κ3) is 2.86. The van der Waals surface area contributed by atoms with E-state index in [9.17, 15) is 18.0 Å². The number of esters is 1. The number of halogens is 3. The van der Waals surface area contributed by atoms with Gasteiger partial charge in [0.15, 0.2) is 5.82 Å². The molecule has 0 radical (unpaired) electrons. The van der Waals surface area contributed by atoms with Gasteiger partial charge in [-0.2, -0.15) is 18.3 Å². The Morgan fingerprint density at radius 1 is 1.67 bits per heavy atom. The van der Waals surface area contributed by atoms with Gasteiger partial charge in [-0.05, 0) is 0 Å². The fraction of sp³-hybridized carbons (Fsp3) is 0.429. The first-order chi connectivity index (χ1) is 6.83. The molecule has 1 heterocycles. The zero-order valence-corrected chi connectivity index (χ0v) is 7.71. The molecular weight excluding hydrogens is 215 g/mol. The Labute approximate surface area is 82.6 Å². The second-order valence-electron chi connectivity index (χ2n) is 2.73. The van der Waals surface area contributed by atoms with Crippen LogP contribution in [0.2, 0.25) is 0 Å². The Morgan fingerprint density at radius 3 is 2.73 bits per heavy atom. The fourth-order valence-electron chi connectivity index (χ4n) is 0.968. The van der Waals surface area contributed by atoms with E-state index in [0.717, 1.165) is 13.3 Å². The van der Waals surface area contributed by atoms with Crippen LogP contribution >= 0.6 is 0 Å². The third-order valence-corrected chi connectivity index (χ3v) is 1.54. The standard InChI is InChI=1S/C7H8F3N3O2/c1-15-6(14)4-2-13(12-5(4)11)3-7(8,9)10/h2H,3H2,1H3,(H2,11,12). The number of anilines is 1. The summed E-state index contributed by atoms with van der Waals surface area (Å²) in [6, 6.07) is 0.